The Labute approximate surface area is 77.9 Å². The van der Waals surface area contributed by atoms with E-state index in [2.05, 4.69) is 4.74 Å². The van der Waals surface area contributed by atoms with E-state index in [1.807, 2.05) is 0 Å². The molecule has 13 heavy (non-hydrogen) atoms. The van der Waals surface area contributed by atoms with Gasteiger partial charge in [0.2, 0.25) is 0 Å². The van der Waals surface area contributed by atoms with Gasteiger partial charge in [-0.25, -0.2) is 0 Å². The lowest BCUT2D eigenvalue weighted by molar-refractivity contribution is -0.153. The topological polar surface area (TPSA) is 63.6 Å². The molecular formula is C9H16O4. The average molecular weight is 188 g/mol. The van der Waals surface area contributed by atoms with Gasteiger partial charge < -0.3 is 9.84 Å². The largest absolute Gasteiger partial charge is 0.481 e. The summed E-state index contributed by atoms with van der Waals surface area (Å²) >= 11 is 0. The molecular weight excluding hydrogens is 172 g/mol. The normalized spacial score (nSPS) is 13.5. The molecule has 4 nitrogen and oxygen atoms in total. The molecule has 1 unspecified atom stereocenters. The first-order valence-electron chi connectivity index (χ1n) is 4.08. The van der Waals surface area contributed by atoms with Crippen LogP contribution in [0.5, 0.6) is 0 Å². The minimum atomic E-state index is -0.960. The quantitative estimate of drug-likeness (QED) is 0.678. The minimum absolute atomic E-state index is 0.0741. The summed E-state index contributed by atoms with van der Waals surface area (Å²) in [6, 6.07) is 0. The third-order valence-corrected chi connectivity index (χ3v) is 1.94. The van der Waals surface area contributed by atoms with Gasteiger partial charge in [-0.15, -0.1) is 0 Å². The predicted molar refractivity (Wildman–Crippen MR) is 47.2 cm³/mol. The number of ether oxygens (including phenoxy) is 1. The molecule has 0 heterocycles. The van der Waals surface area contributed by atoms with Crippen LogP contribution in [0.2, 0.25) is 0 Å². The molecule has 0 radical (unpaired) electrons. The fraction of sp³-hybridized carbons (Fsp3) is 0.778. The zero-order chi connectivity index (χ0) is 10.6. The molecule has 0 saturated heterocycles. The van der Waals surface area contributed by atoms with E-state index in [4.69, 9.17) is 5.11 Å². The molecule has 0 aromatic carbocycles. The van der Waals surface area contributed by atoms with Gasteiger partial charge >= 0.3 is 11.9 Å². The zero-order valence-electron chi connectivity index (χ0n) is 8.46. The lowest BCUT2D eigenvalue weighted by atomic mass is 9.79. The van der Waals surface area contributed by atoms with Gasteiger partial charge in [-0.3, -0.25) is 9.59 Å². The fourth-order valence-corrected chi connectivity index (χ4v) is 1.01. The Kier molecular flexibility index (Phi) is 3.91. The summed E-state index contributed by atoms with van der Waals surface area (Å²) in [4.78, 5) is 21.7. The van der Waals surface area contributed by atoms with Crippen LogP contribution in [0, 0.1) is 11.3 Å². The van der Waals surface area contributed by atoms with Crippen LogP contribution in [-0.2, 0) is 14.3 Å². The molecule has 0 aliphatic carbocycles. The molecule has 0 aliphatic heterocycles. The summed E-state index contributed by atoms with van der Waals surface area (Å²) in [5.74, 6) is -2.14. The molecule has 0 aromatic heterocycles. The average Bonchev–Trinajstić information content (AvgIpc) is 1.96. The van der Waals surface area contributed by atoms with Crippen LogP contribution in [-0.4, -0.2) is 24.2 Å². The van der Waals surface area contributed by atoms with Gasteiger partial charge in [0.15, 0.2) is 0 Å². The van der Waals surface area contributed by atoms with E-state index in [1.54, 1.807) is 20.8 Å². The highest BCUT2D eigenvalue weighted by atomic mass is 16.5. The summed E-state index contributed by atoms with van der Waals surface area (Å²) in [7, 11) is 1.25. The van der Waals surface area contributed by atoms with E-state index in [9.17, 15) is 9.59 Å². The summed E-state index contributed by atoms with van der Waals surface area (Å²) in [5, 5.41) is 8.85. The molecule has 0 spiro atoms. The lowest BCUT2D eigenvalue weighted by Gasteiger charge is -2.25. The third kappa shape index (κ3) is 3.92. The van der Waals surface area contributed by atoms with Crippen molar-refractivity contribution in [1.29, 1.82) is 0 Å². The highest BCUT2D eigenvalue weighted by Crippen LogP contribution is 2.29. The van der Waals surface area contributed by atoms with Crippen molar-refractivity contribution in [3.8, 4) is 0 Å². The first-order valence-corrected chi connectivity index (χ1v) is 4.08. The number of rotatable bonds is 3. The molecule has 0 rings (SSSR count). The van der Waals surface area contributed by atoms with E-state index in [-0.39, 0.29) is 6.42 Å². The molecule has 1 N–H and O–H groups in total. The Balaban J connectivity index is 4.46. The van der Waals surface area contributed by atoms with E-state index < -0.39 is 23.3 Å². The van der Waals surface area contributed by atoms with Gasteiger partial charge in [0, 0.05) is 0 Å². The first-order chi connectivity index (χ1) is 5.79. The Morgan fingerprint density at radius 1 is 1.38 bits per heavy atom. The van der Waals surface area contributed by atoms with Gasteiger partial charge in [-0.05, 0) is 5.41 Å². The van der Waals surface area contributed by atoms with Crippen LogP contribution >= 0.6 is 0 Å². The molecule has 76 valence electrons. The third-order valence-electron chi connectivity index (χ3n) is 1.94. The maximum atomic E-state index is 10.9. The standard InChI is InChI=1S/C9H16O4/c1-9(2,3)6(8(11)12)5-7(10)13-4/h6H,5H2,1-4H3,(H,11,12). The number of aliphatic carboxylic acids is 1. The maximum Gasteiger partial charge on any atom is 0.307 e. The van der Waals surface area contributed by atoms with Crippen molar-refractivity contribution in [3.05, 3.63) is 0 Å². The van der Waals surface area contributed by atoms with E-state index in [1.165, 1.54) is 7.11 Å². The predicted octanol–water partition coefficient (Wildman–Crippen LogP) is 1.30. The lowest BCUT2D eigenvalue weighted by Crippen LogP contribution is -2.30. The smallest absolute Gasteiger partial charge is 0.307 e. The molecule has 0 bridgehead atoms. The van der Waals surface area contributed by atoms with Crippen molar-refractivity contribution < 1.29 is 19.4 Å². The minimum Gasteiger partial charge on any atom is -0.481 e. The van der Waals surface area contributed by atoms with Crippen LogP contribution in [0.25, 0.3) is 0 Å². The number of esters is 1. The Morgan fingerprint density at radius 2 is 1.85 bits per heavy atom. The van der Waals surface area contributed by atoms with Gasteiger partial charge in [0.25, 0.3) is 0 Å². The monoisotopic (exact) mass is 188 g/mol. The number of carbonyl (C=O) groups is 2. The summed E-state index contributed by atoms with van der Waals surface area (Å²) < 4.78 is 4.42. The van der Waals surface area contributed by atoms with Crippen molar-refractivity contribution in [1.82, 2.24) is 0 Å². The number of carboxylic acids is 1. The molecule has 0 fully saturated rings. The molecule has 0 amide bonds. The Hall–Kier alpha value is -1.06. The first kappa shape index (κ1) is 11.9. The maximum absolute atomic E-state index is 10.9. The Bertz CT molecular complexity index is 202. The number of hydrogen-bond donors (Lipinski definition) is 1. The summed E-state index contributed by atoms with van der Waals surface area (Å²) in [6.07, 6.45) is -0.0741. The van der Waals surface area contributed by atoms with E-state index in [0.29, 0.717) is 0 Å². The van der Waals surface area contributed by atoms with E-state index in [0.717, 1.165) is 0 Å². The van der Waals surface area contributed by atoms with Gasteiger partial charge in [-0.2, -0.15) is 0 Å². The van der Waals surface area contributed by atoms with Gasteiger partial charge in [0.1, 0.15) is 0 Å². The SMILES string of the molecule is COC(=O)CC(C(=O)O)C(C)(C)C. The highest BCUT2D eigenvalue weighted by molar-refractivity contribution is 5.79. The van der Waals surface area contributed by atoms with E-state index >= 15 is 0 Å². The zero-order valence-corrected chi connectivity index (χ0v) is 8.46. The molecule has 0 aromatic rings. The van der Waals surface area contributed by atoms with Crippen LogP contribution in [0.1, 0.15) is 27.2 Å². The molecule has 1 atom stereocenters. The van der Waals surface area contributed by atoms with Gasteiger partial charge in [-0.1, -0.05) is 20.8 Å². The van der Waals surface area contributed by atoms with Crippen molar-refractivity contribution in [2.75, 3.05) is 7.11 Å². The fourth-order valence-electron chi connectivity index (χ4n) is 1.01. The molecule has 0 aliphatic rings. The van der Waals surface area contributed by atoms with Crippen LogP contribution in [0.4, 0.5) is 0 Å². The summed E-state index contributed by atoms with van der Waals surface area (Å²) in [5.41, 5.74) is -0.431. The second kappa shape index (κ2) is 4.25. The molecule has 0 saturated carbocycles. The van der Waals surface area contributed by atoms with Crippen molar-refractivity contribution >= 4 is 11.9 Å². The van der Waals surface area contributed by atoms with Gasteiger partial charge in [0.05, 0.1) is 19.4 Å². The number of carboxylic acid groups (broad SMARTS) is 1. The summed E-state index contributed by atoms with van der Waals surface area (Å²) in [6.45, 7) is 5.36. The van der Waals surface area contributed by atoms with Crippen LogP contribution in [0.3, 0.4) is 0 Å². The molecule has 4 heteroatoms. The van der Waals surface area contributed by atoms with Crippen molar-refractivity contribution in [3.63, 3.8) is 0 Å². The number of methoxy groups -OCH3 is 1. The second-order valence-electron chi connectivity index (χ2n) is 4.04. The van der Waals surface area contributed by atoms with Crippen LogP contribution < -0.4 is 0 Å². The van der Waals surface area contributed by atoms with Crippen molar-refractivity contribution in [2.24, 2.45) is 11.3 Å². The number of hydrogen-bond acceptors (Lipinski definition) is 3. The second-order valence-corrected chi connectivity index (χ2v) is 4.04. The van der Waals surface area contributed by atoms with Crippen molar-refractivity contribution in [2.45, 2.75) is 27.2 Å². The highest BCUT2D eigenvalue weighted by Gasteiger charge is 2.33. The number of carbonyl (C=O) groups excluding carboxylic acids is 1. The Morgan fingerprint density at radius 3 is 2.08 bits per heavy atom. The van der Waals surface area contributed by atoms with Crippen LogP contribution in [0.15, 0.2) is 0 Å².